The molecule has 0 aromatic heterocycles. The molecule has 0 aromatic rings. The smallest absolute Gasteiger partial charge is 0.207 e. The Morgan fingerprint density at radius 3 is 1.67 bits per heavy atom. The van der Waals surface area contributed by atoms with Crippen LogP contribution in [0.3, 0.4) is 0 Å². The Bertz CT molecular complexity index is 140. The lowest BCUT2D eigenvalue weighted by Gasteiger charge is -2.46. The van der Waals surface area contributed by atoms with Crippen LogP contribution in [0.25, 0.3) is 0 Å². The summed E-state index contributed by atoms with van der Waals surface area (Å²) in [6, 6.07) is -0.314. The van der Waals surface area contributed by atoms with Crippen molar-refractivity contribution in [1.29, 1.82) is 0 Å². The Hall–Kier alpha value is 0.0300. The molecule has 3 nitrogen and oxygen atoms in total. The quantitative estimate of drug-likeness (QED) is 0.596. The van der Waals surface area contributed by atoms with E-state index in [9.17, 15) is 8.78 Å². The van der Waals surface area contributed by atoms with E-state index in [1.807, 2.05) is 0 Å². The van der Waals surface area contributed by atoms with E-state index in [0.29, 0.717) is 0 Å². The SMILES string of the molecule is Cl.NC1CC(C(O)F)(C(O)F)C1. The van der Waals surface area contributed by atoms with Gasteiger partial charge in [0.15, 0.2) is 0 Å². The summed E-state index contributed by atoms with van der Waals surface area (Å²) >= 11 is 0. The van der Waals surface area contributed by atoms with Crippen LogP contribution in [-0.2, 0) is 0 Å². The molecule has 1 saturated carbocycles. The van der Waals surface area contributed by atoms with Gasteiger partial charge in [-0.25, -0.2) is 8.78 Å². The van der Waals surface area contributed by atoms with Crippen LogP contribution >= 0.6 is 12.4 Å². The van der Waals surface area contributed by atoms with Gasteiger partial charge in [-0.05, 0) is 12.8 Å². The van der Waals surface area contributed by atoms with Crippen molar-refractivity contribution in [3.63, 3.8) is 0 Å². The average Bonchev–Trinajstić information content (AvgIpc) is 1.78. The zero-order valence-electron chi connectivity index (χ0n) is 6.28. The summed E-state index contributed by atoms with van der Waals surface area (Å²) in [4.78, 5) is 0. The van der Waals surface area contributed by atoms with Crippen molar-refractivity contribution in [2.24, 2.45) is 11.1 Å². The fourth-order valence-corrected chi connectivity index (χ4v) is 1.42. The Labute approximate surface area is 75.0 Å². The van der Waals surface area contributed by atoms with Crippen LogP contribution in [0.2, 0.25) is 0 Å². The monoisotopic (exact) mass is 203 g/mol. The topological polar surface area (TPSA) is 66.5 Å². The maximum Gasteiger partial charge on any atom is 0.207 e. The maximum atomic E-state index is 12.3. The molecule has 0 aliphatic heterocycles. The molecular weight excluding hydrogens is 192 g/mol. The number of hydrogen-bond acceptors (Lipinski definition) is 3. The van der Waals surface area contributed by atoms with E-state index < -0.39 is 18.1 Å². The van der Waals surface area contributed by atoms with E-state index in [1.54, 1.807) is 0 Å². The Morgan fingerprint density at radius 2 is 1.58 bits per heavy atom. The molecule has 0 bridgehead atoms. The molecule has 0 saturated heterocycles. The summed E-state index contributed by atoms with van der Waals surface area (Å²) in [5, 5.41) is 17.0. The summed E-state index contributed by atoms with van der Waals surface area (Å²) in [6.45, 7) is 0. The van der Waals surface area contributed by atoms with Crippen molar-refractivity contribution in [2.45, 2.75) is 31.6 Å². The van der Waals surface area contributed by atoms with Crippen LogP contribution in [-0.4, -0.2) is 29.0 Å². The molecule has 1 fully saturated rings. The van der Waals surface area contributed by atoms with Crippen LogP contribution in [0.4, 0.5) is 8.78 Å². The summed E-state index contributed by atoms with van der Waals surface area (Å²) < 4.78 is 24.7. The molecule has 74 valence electrons. The second-order valence-electron chi connectivity index (χ2n) is 3.07. The van der Waals surface area contributed by atoms with Gasteiger partial charge in [-0.15, -0.1) is 12.4 Å². The zero-order valence-corrected chi connectivity index (χ0v) is 7.10. The summed E-state index contributed by atoms with van der Waals surface area (Å²) in [5.74, 6) is 0. The Balaban J connectivity index is 0.00000121. The Morgan fingerprint density at radius 1 is 1.25 bits per heavy atom. The lowest BCUT2D eigenvalue weighted by atomic mass is 9.65. The van der Waals surface area contributed by atoms with Gasteiger partial charge in [0.05, 0.1) is 5.41 Å². The average molecular weight is 204 g/mol. The number of alkyl halides is 2. The number of hydrogen-bond donors (Lipinski definition) is 3. The Kier molecular flexibility index (Phi) is 3.84. The predicted octanol–water partition coefficient (Wildman–Crippen LogP) is 0.0915. The maximum absolute atomic E-state index is 12.3. The van der Waals surface area contributed by atoms with Crippen molar-refractivity contribution in [1.82, 2.24) is 0 Å². The fraction of sp³-hybridized carbons (Fsp3) is 1.00. The molecule has 2 unspecified atom stereocenters. The molecule has 1 aliphatic rings. The van der Waals surface area contributed by atoms with Crippen molar-refractivity contribution in [2.75, 3.05) is 0 Å². The highest BCUT2D eigenvalue weighted by Crippen LogP contribution is 2.47. The van der Waals surface area contributed by atoms with Gasteiger partial charge in [-0.1, -0.05) is 0 Å². The highest BCUT2D eigenvalue weighted by Gasteiger charge is 2.54. The van der Waals surface area contributed by atoms with Crippen molar-refractivity contribution < 1.29 is 19.0 Å². The lowest BCUT2D eigenvalue weighted by molar-refractivity contribution is -0.217. The van der Waals surface area contributed by atoms with E-state index in [0.717, 1.165) is 0 Å². The molecule has 0 radical (unpaired) electrons. The fourth-order valence-electron chi connectivity index (χ4n) is 1.42. The third kappa shape index (κ3) is 1.69. The predicted molar refractivity (Wildman–Crippen MR) is 41.1 cm³/mol. The van der Waals surface area contributed by atoms with Crippen molar-refractivity contribution in [3.05, 3.63) is 0 Å². The number of aliphatic hydroxyl groups is 2. The van der Waals surface area contributed by atoms with Gasteiger partial charge in [-0.2, -0.15) is 0 Å². The zero-order chi connectivity index (χ0) is 8.65. The number of halogens is 3. The van der Waals surface area contributed by atoms with E-state index in [-0.39, 0.29) is 31.3 Å². The van der Waals surface area contributed by atoms with Gasteiger partial charge < -0.3 is 15.9 Å². The van der Waals surface area contributed by atoms with Gasteiger partial charge in [0.2, 0.25) is 12.7 Å². The summed E-state index contributed by atoms with van der Waals surface area (Å²) in [7, 11) is 0. The molecule has 0 heterocycles. The molecule has 0 aromatic carbocycles. The molecule has 2 atom stereocenters. The normalized spacial score (nSPS) is 39.2. The van der Waals surface area contributed by atoms with E-state index in [4.69, 9.17) is 15.9 Å². The first-order valence-electron chi connectivity index (χ1n) is 3.39. The third-order valence-corrected chi connectivity index (χ3v) is 2.23. The molecular formula is C6H12ClF2NO2. The molecule has 4 N–H and O–H groups in total. The van der Waals surface area contributed by atoms with Crippen molar-refractivity contribution >= 4 is 12.4 Å². The van der Waals surface area contributed by atoms with Crippen molar-refractivity contribution in [3.8, 4) is 0 Å². The molecule has 1 rings (SSSR count). The molecule has 0 spiro atoms. The highest BCUT2D eigenvalue weighted by atomic mass is 35.5. The first-order chi connectivity index (χ1) is 4.99. The summed E-state index contributed by atoms with van der Waals surface area (Å²) in [6.07, 6.45) is -4.69. The van der Waals surface area contributed by atoms with Crippen LogP contribution in [0.1, 0.15) is 12.8 Å². The van der Waals surface area contributed by atoms with Crippen LogP contribution in [0.15, 0.2) is 0 Å². The van der Waals surface area contributed by atoms with E-state index >= 15 is 0 Å². The second-order valence-corrected chi connectivity index (χ2v) is 3.07. The molecule has 0 amide bonds. The molecule has 6 heteroatoms. The largest absolute Gasteiger partial charge is 0.363 e. The first-order valence-corrected chi connectivity index (χ1v) is 3.39. The first kappa shape index (κ1) is 12.0. The second kappa shape index (κ2) is 3.83. The minimum Gasteiger partial charge on any atom is -0.363 e. The van der Waals surface area contributed by atoms with Crippen LogP contribution in [0.5, 0.6) is 0 Å². The molecule has 12 heavy (non-hydrogen) atoms. The van der Waals surface area contributed by atoms with E-state index in [2.05, 4.69) is 0 Å². The highest BCUT2D eigenvalue weighted by molar-refractivity contribution is 5.85. The van der Waals surface area contributed by atoms with Crippen LogP contribution in [0, 0.1) is 5.41 Å². The molecule has 1 aliphatic carbocycles. The van der Waals surface area contributed by atoms with E-state index in [1.165, 1.54) is 0 Å². The lowest BCUT2D eigenvalue weighted by Crippen LogP contribution is -2.56. The standard InChI is InChI=1S/C6H11F2NO2.ClH/c7-4(10)6(5(8)11)1-3(9)2-6;/h3-5,10-11H,1-2,9H2;1H. The van der Waals surface area contributed by atoms with Gasteiger partial charge in [-0.3, -0.25) is 0 Å². The van der Waals surface area contributed by atoms with Crippen LogP contribution < -0.4 is 5.73 Å². The van der Waals surface area contributed by atoms with Gasteiger partial charge >= 0.3 is 0 Å². The number of aliphatic hydroxyl groups excluding tert-OH is 2. The van der Waals surface area contributed by atoms with Gasteiger partial charge in [0, 0.05) is 6.04 Å². The van der Waals surface area contributed by atoms with Gasteiger partial charge in [0.25, 0.3) is 0 Å². The minimum atomic E-state index is -2.33. The minimum absolute atomic E-state index is 0. The summed E-state index contributed by atoms with van der Waals surface area (Å²) in [5.41, 5.74) is 3.62. The number of rotatable bonds is 2. The van der Waals surface area contributed by atoms with Gasteiger partial charge in [0.1, 0.15) is 0 Å². The third-order valence-electron chi connectivity index (χ3n) is 2.23. The number of nitrogens with two attached hydrogens (primary N) is 1.